The molecule has 3 fully saturated rings. The van der Waals surface area contributed by atoms with Crippen molar-refractivity contribution in [2.45, 2.75) is 80.8 Å². The highest BCUT2D eigenvalue weighted by molar-refractivity contribution is 7.89. The van der Waals surface area contributed by atoms with E-state index in [1.807, 2.05) is 0 Å². The van der Waals surface area contributed by atoms with E-state index in [1.165, 1.54) is 34.6 Å². The summed E-state index contributed by atoms with van der Waals surface area (Å²) in [5.41, 5.74) is -0.723. The first-order valence-corrected chi connectivity index (χ1v) is 16.7. The number of halogens is 4. The number of carbonyl (C=O) groups is 2. The number of anilines is 1. The number of benzene rings is 2. The molecule has 5 rings (SSSR count). The average Bonchev–Trinajstić information content (AvgIpc) is 3.12. The number of piperazine rings is 1. The molecule has 246 valence electrons. The second-order valence-electron chi connectivity index (χ2n) is 12.2. The summed E-state index contributed by atoms with van der Waals surface area (Å²) < 4.78 is 90.0. The Hall–Kier alpha value is -3.23. The van der Waals surface area contributed by atoms with Crippen LogP contribution in [-0.2, 0) is 31.4 Å². The summed E-state index contributed by atoms with van der Waals surface area (Å²) >= 11 is 0. The molecule has 0 radical (unpaired) electrons. The Morgan fingerprint density at radius 2 is 1.80 bits per heavy atom. The molecule has 3 N–H and O–H groups in total. The van der Waals surface area contributed by atoms with Crippen molar-refractivity contribution in [2.24, 2.45) is 0 Å². The highest BCUT2D eigenvalue weighted by Crippen LogP contribution is 2.48. The van der Waals surface area contributed by atoms with E-state index < -0.39 is 69.9 Å². The zero-order valence-electron chi connectivity index (χ0n) is 25.0. The molecule has 2 bridgehead atoms. The van der Waals surface area contributed by atoms with Crippen LogP contribution in [0.4, 0.5) is 28.0 Å². The van der Waals surface area contributed by atoms with Gasteiger partial charge in [-0.25, -0.2) is 30.8 Å². The number of ether oxygens (including phenoxy) is 1. The fourth-order valence-corrected chi connectivity index (χ4v) is 8.72. The van der Waals surface area contributed by atoms with Gasteiger partial charge in [-0.3, -0.25) is 4.79 Å². The predicted molar refractivity (Wildman–Crippen MR) is 159 cm³/mol. The number of nitrogens with zero attached hydrogens (tertiary/aromatic N) is 1. The van der Waals surface area contributed by atoms with Gasteiger partial charge < -0.3 is 20.7 Å². The number of rotatable bonds is 8. The largest absolute Gasteiger partial charge is 0.453 e. The molecule has 0 spiro atoms. The molecule has 2 aromatic carbocycles. The number of alkyl halides is 2. The maximum absolute atomic E-state index is 15.3. The van der Waals surface area contributed by atoms with Gasteiger partial charge in [0.1, 0.15) is 17.7 Å². The first-order valence-electron chi connectivity index (χ1n) is 15.1. The molecule has 1 saturated carbocycles. The minimum Gasteiger partial charge on any atom is -0.453 e. The van der Waals surface area contributed by atoms with E-state index in [0.29, 0.717) is 25.1 Å². The average molecular weight is 655 g/mol. The molecule has 2 heterocycles. The Balaban J connectivity index is 1.43. The molecular weight excluding hydrogens is 616 g/mol. The Morgan fingerprint density at radius 3 is 2.49 bits per heavy atom. The first-order chi connectivity index (χ1) is 21.3. The summed E-state index contributed by atoms with van der Waals surface area (Å²) in [4.78, 5) is 26.5. The Morgan fingerprint density at radius 1 is 1.09 bits per heavy atom. The lowest BCUT2D eigenvalue weighted by molar-refractivity contribution is -0.122. The topological polar surface area (TPSA) is 117 Å². The van der Waals surface area contributed by atoms with Crippen molar-refractivity contribution in [3.8, 4) is 0 Å². The van der Waals surface area contributed by atoms with Gasteiger partial charge in [-0.1, -0.05) is 18.2 Å². The number of amides is 2. The third-order valence-corrected chi connectivity index (χ3v) is 11.4. The molecule has 1 aliphatic carbocycles. The molecule has 3 aliphatic rings. The molecule has 14 heteroatoms. The molecule has 9 nitrogen and oxygen atoms in total. The van der Waals surface area contributed by atoms with Crippen LogP contribution in [0.15, 0.2) is 42.5 Å². The van der Waals surface area contributed by atoms with Crippen molar-refractivity contribution >= 4 is 27.7 Å². The molecule has 2 amide bonds. The summed E-state index contributed by atoms with van der Waals surface area (Å²) in [5, 5.41) is 8.59. The quantitative estimate of drug-likeness (QED) is 0.362. The second kappa shape index (κ2) is 13.2. The smallest absolute Gasteiger partial charge is 0.407 e. The lowest BCUT2D eigenvalue weighted by Gasteiger charge is -2.45. The van der Waals surface area contributed by atoms with Crippen LogP contribution in [0.25, 0.3) is 0 Å². The fourth-order valence-electron chi connectivity index (χ4n) is 6.91. The van der Waals surface area contributed by atoms with E-state index in [4.69, 9.17) is 4.74 Å². The normalized spacial score (nSPS) is 25.8. The Labute approximate surface area is 260 Å². The van der Waals surface area contributed by atoms with E-state index in [2.05, 4.69) is 16.0 Å². The predicted octanol–water partition coefficient (Wildman–Crippen LogP) is 4.47. The Bertz CT molecular complexity index is 1500. The summed E-state index contributed by atoms with van der Waals surface area (Å²) in [6, 6.07) is 7.48. The van der Waals surface area contributed by atoms with Crippen LogP contribution in [0.3, 0.4) is 0 Å². The lowest BCUT2D eigenvalue weighted by Crippen LogP contribution is -2.59. The number of hydrogen-bond donors (Lipinski definition) is 3. The van der Waals surface area contributed by atoms with Crippen molar-refractivity contribution < 1.29 is 40.3 Å². The van der Waals surface area contributed by atoms with Crippen LogP contribution < -0.4 is 16.0 Å². The summed E-state index contributed by atoms with van der Waals surface area (Å²) in [5.74, 6) is -4.90. The standard InChI is InChI=1S/C31H38F4N4O5S/c1-44-29(41)38-27(30(13-15-31(34,35)16-14-30)20-7-9-21(32)10-8-20)28(40)37-26-6-2-5-25(33)24(26)12-11-23-18-36-22-4-3-17-45(42,43)39(23)19-22/h2,5-10,22-23,27,36H,3-4,11-19H2,1H3,(H,37,40)(H,38,41)/t22?,23-,27+/m0/s1. The van der Waals surface area contributed by atoms with Crippen molar-refractivity contribution in [1.82, 2.24) is 14.9 Å². The highest BCUT2D eigenvalue weighted by Gasteiger charge is 2.52. The number of carbonyl (C=O) groups excluding carboxylic acids is 2. The highest BCUT2D eigenvalue weighted by atomic mass is 32.2. The van der Waals surface area contributed by atoms with E-state index >= 15 is 4.39 Å². The SMILES string of the molecule is COC(=O)N[C@H](C(=O)Nc1cccc(F)c1CC[C@H]1CNC2CCCS(=O)(=O)N1C2)C1(c2ccc(F)cc2)CCC(F)(F)CC1. The van der Waals surface area contributed by atoms with Gasteiger partial charge in [-0.2, -0.15) is 4.31 Å². The summed E-state index contributed by atoms with van der Waals surface area (Å²) in [6.45, 7) is 0.759. The first kappa shape index (κ1) is 33.1. The monoisotopic (exact) mass is 654 g/mol. The molecule has 2 unspecified atom stereocenters. The number of sulfonamides is 1. The third-order valence-electron chi connectivity index (χ3n) is 9.42. The van der Waals surface area contributed by atoms with Gasteiger partial charge in [0.05, 0.1) is 12.9 Å². The van der Waals surface area contributed by atoms with Gasteiger partial charge in [-0.05, 0) is 68.4 Å². The minimum atomic E-state index is -3.47. The van der Waals surface area contributed by atoms with Crippen LogP contribution in [0.1, 0.15) is 56.1 Å². The summed E-state index contributed by atoms with van der Waals surface area (Å²) in [7, 11) is -2.37. The molecule has 2 aromatic rings. The number of methoxy groups -OCH3 is 1. The van der Waals surface area contributed by atoms with Crippen molar-refractivity contribution in [3.63, 3.8) is 0 Å². The van der Waals surface area contributed by atoms with Crippen molar-refractivity contribution in [3.05, 3.63) is 65.2 Å². The molecule has 4 atom stereocenters. The lowest BCUT2D eigenvalue weighted by atomic mass is 9.63. The van der Waals surface area contributed by atoms with Crippen LogP contribution in [0.2, 0.25) is 0 Å². The number of nitrogens with one attached hydrogen (secondary N) is 3. The van der Waals surface area contributed by atoms with E-state index in [1.54, 1.807) is 0 Å². The summed E-state index contributed by atoms with van der Waals surface area (Å²) in [6.07, 6.45) is -0.843. The Kier molecular flexibility index (Phi) is 9.76. The maximum atomic E-state index is 15.3. The van der Waals surface area contributed by atoms with E-state index in [9.17, 15) is 31.2 Å². The van der Waals surface area contributed by atoms with Crippen LogP contribution in [0.5, 0.6) is 0 Å². The van der Waals surface area contributed by atoms with Crippen LogP contribution in [-0.4, -0.2) is 74.7 Å². The van der Waals surface area contributed by atoms with Gasteiger partial charge >= 0.3 is 6.09 Å². The van der Waals surface area contributed by atoms with E-state index in [-0.39, 0.29) is 48.7 Å². The zero-order valence-corrected chi connectivity index (χ0v) is 25.8. The van der Waals surface area contributed by atoms with Gasteiger partial charge in [0.2, 0.25) is 21.9 Å². The minimum absolute atomic E-state index is 0.0546. The number of hydrogen-bond acceptors (Lipinski definition) is 6. The molecular formula is C31H38F4N4O5S. The third kappa shape index (κ3) is 7.28. The van der Waals surface area contributed by atoms with Crippen molar-refractivity contribution in [1.29, 1.82) is 0 Å². The van der Waals surface area contributed by atoms with Crippen LogP contribution >= 0.6 is 0 Å². The van der Waals surface area contributed by atoms with Crippen LogP contribution in [0, 0.1) is 11.6 Å². The van der Waals surface area contributed by atoms with Gasteiger partial charge in [0, 0.05) is 54.7 Å². The fraction of sp³-hybridized carbons (Fsp3) is 0.548. The van der Waals surface area contributed by atoms with Gasteiger partial charge in [0.15, 0.2) is 0 Å². The number of alkyl carbamates (subject to hydrolysis) is 1. The maximum Gasteiger partial charge on any atom is 0.407 e. The van der Waals surface area contributed by atoms with E-state index in [0.717, 1.165) is 25.7 Å². The van der Waals surface area contributed by atoms with Crippen molar-refractivity contribution in [2.75, 3.05) is 31.3 Å². The molecule has 45 heavy (non-hydrogen) atoms. The molecule has 2 aliphatic heterocycles. The van der Waals surface area contributed by atoms with Gasteiger partial charge in [0.25, 0.3) is 0 Å². The number of fused-ring (bicyclic) bond motifs is 2. The second-order valence-corrected chi connectivity index (χ2v) is 14.2. The zero-order chi connectivity index (χ0) is 32.4. The molecule has 2 saturated heterocycles. The molecule has 0 aromatic heterocycles. The van der Waals surface area contributed by atoms with Gasteiger partial charge in [-0.15, -0.1) is 0 Å².